The summed E-state index contributed by atoms with van der Waals surface area (Å²) in [6.45, 7) is -0.181. The van der Waals surface area contributed by atoms with Crippen LogP contribution in [0.5, 0.6) is 5.75 Å². The van der Waals surface area contributed by atoms with Crippen molar-refractivity contribution in [1.29, 1.82) is 0 Å². The average molecular weight is 432 g/mol. The van der Waals surface area contributed by atoms with Crippen LogP contribution in [0.4, 0.5) is 13.2 Å². The number of carbonyl (C=O) groups is 1. The van der Waals surface area contributed by atoms with Crippen LogP contribution in [0.3, 0.4) is 0 Å². The molecule has 0 heterocycles. The molecule has 2 rings (SSSR count). The number of alkyl halides is 3. The van der Waals surface area contributed by atoms with Crippen molar-refractivity contribution in [3.05, 3.63) is 59.7 Å². The molecule has 0 aliphatic carbocycles. The van der Waals surface area contributed by atoms with Crippen LogP contribution in [-0.4, -0.2) is 51.3 Å². The van der Waals surface area contributed by atoms with E-state index in [-0.39, 0.29) is 22.6 Å². The first-order valence-corrected chi connectivity index (χ1v) is 9.62. The highest BCUT2D eigenvalue weighted by molar-refractivity contribution is 7.89. The van der Waals surface area contributed by atoms with Crippen molar-refractivity contribution in [3.63, 3.8) is 0 Å². The van der Waals surface area contributed by atoms with Gasteiger partial charge in [-0.05, 0) is 24.3 Å². The molecule has 29 heavy (non-hydrogen) atoms. The van der Waals surface area contributed by atoms with Gasteiger partial charge in [-0.25, -0.2) is 8.42 Å². The van der Waals surface area contributed by atoms with Crippen LogP contribution in [0.25, 0.3) is 0 Å². The van der Waals surface area contributed by atoms with Crippen LogP contribution >= 0.6 is 0 Å². The Morgan fingerprint density at radius 3 is 2.34 bits per heavy atom. The normalized spacial score (nSPS) is 12.1. The number of nitrogens with zero attached hydrogens (tertiary/aromatic N) is 2. The van der Waals surface area contributed by atoms with Gasteiger partial charge in [0.25, 0.3) is 15.9 Å². The average Bonchev–Trinajstić information content (AvgIpc) is 2.67. The maximum atomic E-state index is 12.7. The Labute approximate surface area is 166 Å². The van der Waals surface area contributed by atoms with Crippen molar-refractivity contribution in [2.45, 2.75) is 17.8 Å². The number of amides is 1. The van der Waals surface area contributed by atoms with E-state index in [1.165, 1.54) is 63.7 Å². The summed E-state index contributed by atoms with van der Waals surface area (Å²) in [5.41, 5.74) is 0.191. The molecule has 1 amide bonds. The third-order valence-electron chi connectivity index (χ3n) is 3.93. The van der Waals surface area contributed by atoms with Crippen LogP contribution < -0.4 is 4.74 Å². The minimum Gasteiger partial charge on any atom is -0.405 e. The molecular weight excluding hydrogens is 413 g/mol. The fourth-order valence-corrected chi connectivity index (χ4v) is 3.46. The van der Waals surface area contributed by atoms with Crippen molar-refractivity contribution in [1.82, 2.24) is 9.37 Å². The Balaban J connectivity index is 2.26. The van der Waals surface area contributed by atoms with Crippen molar-refractivity contribution in [3.8, 4) is 5.75 Å². The molecule has 2 aromatic rings. The summed E-state index contributed by atoms with van der Waals surface area (Å²) in [4.78, 5) is 18.4. The summed E-state index contributed by atoms with van der Waals surface area (Å²) in [6, 6.07) is 10.7. The standard InChI is InChI=1S/C18H19F3N2O5S/c1-22(12-14-7-4-5-10-16(14)28-18(19,20)21)17(24)13-8-6-9-15(11-13)29(25,26)23(2)27-3/h4-11H,12H2,1-3H3. The topological polar surface area (TPSA) is 76.2 Å². The van der Waals surface area contributed by atoms with E-state index in [4.69, 9.17) is 4.84 Å². The molecule has 0 fully saturated rings. The second-order valence-electron chi connectivity index (χ2n) is 5.94. The molecule has 158 valence electrons. The molecule has 0 atom stereocenters. The monoisotopic (exact) mass is 432 g/mol. The molecule has 0 bridgehead atoms. The molecule has 0 radical (unpaired) electrons. The van der Waals surface area contributed by atoms with E-state index in [1.807, 2.05) is 0 Å². The predicted molar refractivity (Wildman–Crippen MR) is 97.3 cm³/mol. The second-order valence-corrected chi connectivity index (χ2v) is 7.88. The summed E-state index contributed by atoms with van der Waals surface area (Å²) in [7, 11) is -0.194. The number of sulfonamides is 1. The first-order valence-electron chi connectivity index (χ1n) is 8.18. The van der Waals surface area contributed by atoms with Gasteiger partial charge in [0.2, 0.25) is 0 Å². The van der Waals surface area contributed by atoms with Gasteiger partial charge in [-0.15, -0.1) is 13.2 Å². The number of benzene rings is 2. The highest BCUT2D eigenvalue weighted by atomic mass is 32.2. The summed E-state index contributed by atoms with van der Waals surface area (Å²) in [6.07, 6.45) is -4.87. The lowest BCUT2D eigenvalue weighted by molar-refractivity contribution is -0.275. The van der Waals surface area contributed by atoms with E-state index < -0.39 is 28.0 Å². The zero-order valence-corrected chi connectivity index (χ0v) is 16.6. The first kappa shape index (κ1) is 22.7. The van der Waals surface area contributed by atoms with Crippen molar-refractivity contribution in [2.24, 2.45) is 0 Å². The van der Waals surface area contributed by atoms with E-state index in [1.54, 1.807) is 0 Å². The van der Waals surface area contributed by atoms with E-state index in [2.05, 4.69) is 4.74 Å². The van der Waals surface area contributed by atoms with Gasteiger partial charge in [0.15, 0.2) is 0 Å². The van der Waals surface area contributed by atoms with Gasteiger partial charge in [0.1, 0.15) is 5.75 Å². The third kappa shape index (κ3) is 5.68. The number of ether oxygens (including phenoxy) is 1. The lowest BCUT2D eigenvalue weighted by atomic mass is 10.1. The molecule has 0 aromatic heterocycles. The van der Waals surface area contributed by atoms with Crippen LogP contribution in [-0.2, 0) is 21.4 Å². The van der Waals surface area contributed by atoms with Crippen LogP contribution in [0, 0.1) is 0 Å². The molecule has 2 aromatic carbocycles. The zero-order chi connectivity index (χ0) is 21.8. The van der Waals surface area contributed by atoms with Gasteiger partial charge in [-0.2, -0.15) is 0 Å². The highest BCUT2D eigenvalue weighted by Gasteiger charge is 2.32. The lowest BCUT2D eigenvalue weighted by Gasteiger charge is -2.20. The van der Waals surface area contributed by atoms with E-state index >= 15 is 0 Å². The van der Waals surface area contributed by atoms with Gasteiger partial charge < -0.3 is 9.64 Å². The predicted octanol–water partition coefficient (Wildman–Crippen LogP) is 3.04. The van der Waals surface area contributed by atoms with Gasteiger partial charge in [0.05, 0.1) is 12.0 Å². The van der Waals surface area contributed by atoms with Gasteiger partial charge in [-0.3, -0.25) is 9.63 Å². The third-order valence-corrected chi connectivity index (χ3v) is 5.60. The largest absolute Gasteiger partial charge is 0.573 e. The van der Waals surface area contributed by atoms with E-state index in [9.17, 15) is 26.4 Å². The fourth-order valence-electron chi connectivity index (χ4n) is 2.44. The quantitative estimate of drug-likeness (QED) is 0.629. The number of hydroxylamine groups is 1. The number of para-hydroxylation sites is 1. The number of halogens is 3. The second kappa shape index (κ2) is 8.80. The Bertz CT molecular complexity index is 979. The minimum atomic E-state index is -4.87. The Hall–Kier alpha value is -2.63. The number of rotatable bonds is 7. The van der Waals surface area contributed by atoms with Crippen molar-refractivity contribution < 1.29 is 36.0 Å². The SMILES string of the molecule is CON(C)S(=O)(=O)c1cccc(C(=O)N(C)Cc2ccccc2OC(F)(F)F)c1. The van der Waals surface area contributed by atoms with Gasteiger partial charge in [-0.1, -0.05) is 28.7 Å². The Kier molecular flexibility index (Phi) is 6.88. The summed E-state index contributed by atoms with van der Waals surface area (Å²) in [5, 5.41) is 0. The molecule has 0 spiro atoms. The van der Waals surface area contributed by atoms with Crippen LogP contribution in [0.15, 0.2) is 53.4 Å². The molecular formula is C18H19F3N2O5S. The number of carbonyl (C=O) groups excluding carboxylic acids is 1. The maximum Gasteiger partial charge on any atom is 0.573 e. The summed E-state index contributed by atoms with van der Waals surface area (Å²) >= 11 is 0. The Morgan fingerprint density at radius 1 is 1.07 bits per heavy atom. The molecule has 0 N–H and O–H groups in total. The van der Waals surface area contributed by atoms with Crippen molar-refractivity contribution in [2.75, 3.05) is 21.2 Å². The minimum absolute atomic E-state index is 0.0484. The highest BCUT2D eigenvalue weighted by Crippen LogP contribution is 2.27. The molecule has 7 nitrogen and oxygen atoms in total. The number of hydrogen-bond donors (Lipinski definition) is 0. The molecule has 0 aliphatic rings. The maximum absolute atomic E-state index is 12.7. The molecule has 11 heteroatoms. The summed E-state index contributed by atoms with van der Waals surface area (Å²) < 4.78 is 67.0. The zero-order valence-electron chi connectivity index (χ0n) is 15.8. The van der Waals surface area contributed by atoms with Crippen LogP contribution in [0.1, 0.15) is 15.9 Å². The van der Waals surface area contributed by atoms with Crippen LogP contribution in [0.2, 0.25) is 0 Å². The lowest BCUT2D eigenvalue weighted by Crippen LogP contribution is -2.28. The van der Waals surface area contributed by atoms with Crippen molar-refractivity contribution >= 4 is 15.9 Å². The number of hydrogen-bond acceptors (Lipinski definition) is 5. The fraction of sp³-hybridized carbons (Fsp3) is 0.278. The smallest absolute Gasteiger partial charge is 0.405 e. The van der Waals surface area contributed by atoms with E-state index in [0.717, 1.165) is 11.0 Å². The molecule has 0 unspecified atom stereocenters. The Morgan fingerprint density at radius 2 is 1.72 bits per heavy atom. The van der Waals surface area contributed by atoms with Gasteiger partial charge >= 0.3 is 6.36 Å². The first-order chi connectivity index (χ1) is 13.5. The molecule has 0 saturated heterocycles. The molecule has 0 saturated carbocycles. The van der Waals surface area contributed by atoms with E-state index in [0.29, 0.717) is 4.47 Å². The molecule has 0 aliphatic heterocycles. The summed E-state index contributed by atoms with van der Waals surface area (Å²) in [5.74, 6) is -0.998. The van der Waals surface area contributed by atoms with Gasteiger partial charge in [0, 0.05) is 31.8 Å².